The third-order valence-electron chi connectivity index (χ3n) is 3.31. The van der Waals surface area contributed by atoms with E-state index < -0.39 is 10.0 Å². The third-order valence-corrected chi connectivity index (χ3v) is 4.31. The largest absolute Gasteiger partial charge is 0.380 e. The minimum absolute atomic E-state index is 0.0515. The van der Waals surface area contributed by atoms with E-state index in [0.29, 0.717) is 24.2 Å². The second-order valence-electron chi connectivity index (χ2n) is 4.80. The highest BCUT2D eigenvalue weighted by atomic mass is 32.2. The predicted molar refractivity (Wildman–Crippen MR) is 73.7 cm³/mol. The molecule has 2 N–H and O–H groups in total. The molecule has 110 valence electrons. The molecule has 0 saturated carbocycles. The van der Waals surface area contributed by atoms with Crippen molar-refractivity contribution in [2.24, 2.45) is 5.14 Å². The lowest BCUT2D eigenvalue weighted by atomic mass is 10.1. The molecule has 1 aliphatic heterocycles. The molecule has 1 aromatic carbocycles. The van der Waals surface area contributed by atoms with Crippen LogP contribution in [-0.2, 0) is 21.4 Å². The summed E-state index contributed by atoms with van der Waals surface area (Å²) in [7, 11) is -2.42. The Kier molecular flexibility index (Phi) is 4.42. The molecule has 0 aliphatic carbocycles. The average Bonchev–Trinajstić information content (AvgIpc) is 2.91. The van der Waals surface area contributed by atoms with Crippen LogP contribution < -0.4 is 5.14 Å². The summed E-state index contributed by atoms with van der Waals surface area (Å²) in [6.45, 7) is 1.55. The number of primary sulfonamides is 1. The number of nitrogens with zero attached hydrogens (tertiary/aromatic N) is 1. The van der Waals surface area contributed by atoms with E-state index in [1.165, 1.54) is 13.2 Å². The average molecular weight is 298 g/mol. The van der Waals surface area contributed by atoms with Crippen molar-refractivity contribution in [2.45, 2.75) is 24.3 Å². The van der Waals surface area contributed by atoms with Crippen LogP contribution in [0.25, 0.3) is 0 Å². The molecule has 0 radical (unpaired) electrons. The van der Waals surface area contributed by atoms with Crippen molar-refractivity contribution in [3.63, 3.8) is 0 Å². The van der Waals surface area contributed by atoms with Gasteiger partial charge in [0, 0.05) is 25.8 Å². The second kappa shape index (κ2) is 5.90. The first-order chi connectivity index (χ1) is 9.43. The van der Waals surface area contributed by atoms with Gasteiger partial charge in [0.1, 0.15) is 0 Å². The van der Waals surface area contributed by atoms with E-state index in [1.54, 1.807) is 17.0 Å². The summed E-state index contributed by atoms with van der Waals surface area (Å²) >= 11 is 0. The van der Waals surface area contributed by atoms with Gasteiger partial charge < -0.3 is 9.64 Å². The smallest absolute Gasteiger partial charge is 0.253 e. The number of rotatable bonds is 4. The first-order valence-corrected chi connectivity index (χ1v) is 7.92. The van der Waals surface area contributed by atoms with Crippen LogP contribution in [0.3, 0.4) is 0 Å². The van der Waals surface area contributed by atoms with Crippen LogP contribution in [0.4, 0.5) is 0 Å². The number of nitrogens with two attached hydrogens (primary N) is 1. The van der Waals surface area contributed by atoms with Gasteiger partial charge in [-0.1, -0.05) is 6.07 Å². The molecule has 0 atom stereocenters. The fourth-order valence-electron chi connectivity index (χ4n) is 2.33. The zero-order valence-corrected chi connectivity index (χ0v) is 12.1. The molecule has 20 heavy (non-hydrogen) atoms. The van der Waals surface area contributed by atoms with Crippen LogP contribution in [0, 0.1) is 0 Å². The van der Waals surface area contributed by atoms with Crippen molar-refractivity contribution < 1.29 is 17.9 Å². The number of hydrogen-bond donors (Lipinski definition) is 1. The molecule has 0 spiro atoms. The monoisotopic (exact) mass is 298 g/mol. The first-order valence-electron chi connectivity index (χ1n) is 6.37. The number of likely N-dealkylation sites (tertiary alicyclic amines) is 1. The fourth-order valence-corrected chi connectivity index (χ4v) is 3.11. The molecule has 6 nitrogen and oxygen atoms in total. The highest BCUT2D eigenvalue weighted by molar-refractivity contribution is 7.89. The maximum Gasteiger partial charge on any atom is 0.253 e. The van der Waals surface area contributed by atoms with Crippen molar-refractivity contribution in [1.82, 2.24) is 4.90 Å². The van der Waals surface area contributed by atoms with Crippen molar-refractivity contribution in [2.75, 3.05) is 20.2 Å². The van der Waals surface area contributed by atoms with Gasteiger partial charge in [-0.05, 0) is 30.5 Å². The molecular weight excluding hydrogens is 280 g/mol. The van der Waals surface area contributed by atoms with Gasteiger partial charge in [0.05, 0.1) is 11.5 Å². The topological polar surface area (TPSA) is 89.7 Å². The van der Waals surface area contributed by atoms with E-state index in [0.717, 1.165) is 12.8 Å². The van der Waals surface area contributed by atoms with Crippen LogP contribution in [0.1, 0.15) is 28.8 Å². The lowest BCUT2D eigenvalue weighted by Gasteiger charge is -2.16. The van der Waals surface area contributed by atoms with E-state index in [4.69, 9.17) is 9.88 Å². The minimum Gasteiger partial charge on any atom is -0.380 e. The quantitative estimate of drug-likeness (QED) is 0.886. The number of ether oxygens (including phenoxy) is 1. The number of hydrogen-bond acceptors (Lipinski definition) is 4. The van der Waals surface area contributed by atoms with Crippen LogP contribution in [0.15, 0.2) is 23.1 Å². The molecule has 1 saturated heterocycles. The summed E-state index contributed by atoms with van der Waals surface area (Å²) in [5.41, 5.74) is 0.795. The third kappa shape index (κ3) is 3.17. The van der Waals surface area contributed by atoms with E-state index in [2.05, 4.69) is 0 Å². The summed E-state index contributed by atoms with van der Waals surface area (Å²) in [6, 6.07) is 4.53. The summed E-state index contributed by atoms with van der Waals surface area (Å²) in [5.74, 6) is -0.156. The molecule has 2 rings (SSSR count). The molecule has 0 unspecified atom stereocenters. The standard InChI is InChI=1S/C13H18N2O4S/c1-19-9-11-5-4-10(8-12(11)20(14,17)18)13(16)15-6-2-3-7-15/h4-5,8H,2-3,6-7,9H2,1H3,(H2,14,17,18). The van der Waals surface area contributed by atoms with Gasteiger partial charge in [-0.2, -0.15) is 0 Å². The second-order valence-corrected chi connectivity index (χ2v) is 6.33. The molecular formula is C13H18N2O4S. The molecule has 1 aliphatic rings. The van der Waals surface area contributed by atoms with Crippen molar-refractivity contribution >= 4 is 15.9 Å². The van der Waals surface area contributed by atoms with Gasteiger partial charge in [0.25, 0.3) is 5.91 Å². The van der Waals surface area contributed by atoms with E-state index in [1.807, 2.05) is 0 Å². The van der Waals surface area contributed by atoms with Gasteiger partial charge in [-0.3, -0.25) is 4.79 Å². The molecule has 1 amide bonds. The first kappa shape index (κ1) is 15.0. The summed E-state index contributed by atoms with van der Waals surface area (Å²) in [5, 5.41) is 5.20. The Morgan fingerprint density at radius 1 is 1.35 bits per heavy atom. The van der Waals surface area contributed by atoms with Crippen LogP contribution in [0.5, 0.6) is 0 Å². The van der Waals surface area contributed by atoms with E-state index in [9.17, 15) is 13.2 Å². The van der Waals surface area contributed by atoms with Crippen molar-refractivity contribution in [3.05, 3.63) is 29.3 Å². The SMILES string of the molecule is COCc1ccc(C(=O)N2CCCC2)cc1S(N)(=O)=O. The highest BCUT2D eigenvalue weighted by Gasteiger charge is 2.22. The minimum atomic E-state index is -3.89. The lowest BCUT2D eigenvalue weighted by Crippen LogP contribution is -2.28. The normalized spacial score (nSPS) is 15.6. The highest BCUT2D eigenvalue weighted by Crippen LogP contribution is 2.20. The van der Waals surface area contributed by atoms with Crippen LogP contribution >= 0.6 is 0 Å². The number of carbonyl (C=O) groups excluding carboxylic acids is 1. The number of benzene rings is 1. The molecule has 1 heterocycles. The Hall–Kier alpha value is -1.44. The van der Waals surface area contributed by atoms with Crippen molar-refractivity contribution in [3.8, 4) is 0 Å². The Labute approximate surface area is 118 Å². The molecule has 1 fully saturated rings. The number of sulfonamides is 1. The van der Waals surface area contributed by atoms with Crippen LogP contribution in [-0.4, -0.2) is 39.4 Å². The van der Waals surface area contributed by atoms with E-state index >= 15 is 0 Å². The molecule has 7 heteroatoms. The maximum atomic E-state index is 12.3. The van der Waals surface area contributed by atoms with Crippen LogP contribution in [0.2, 0.25) is 0 Å². The Morgan fingerprint density at radius 3 is 2.55 bits per heavy atom. The molecule has 1 aromatic rings. The van der Waals surface area contributed by atoms with Gasteiger partial charge in [-0.25, -0.2) is 13.6 Å². The zero-order chi connectivity index (χ0) is 14.8. The zero-order valence-electron chi connectivity index (χ0n) is 11.3. The predicted octanol–water partition coefficient (Wildman–Crippen LogP) is 0.716. The summed E-state index contributed by atoms with van der Waals surface area (Å²) in [4.78, 5) is 13.9. The van der Waals surface area contributed by atoms with Crippen molar-refractivity contribution in [1.29, 1.82) is 0 Å². The molecule has 0 aromatic heterocycles. The van der Waals surface area contributed by atoms with Gasteiger partial charge in [0.15, 0.2) is 0 Å². The molecule has 0 bridgehead atoms. The fraction of sp³-hybridized carbons (Fsp3) is 0.462. The Balaban J connectivity index is 2.38. The number of carbonyl (C=O) groups is 1. The Morgan fingerprint density at radius 2 is 2.00 bits per heavy atom. The number of methoxy groups -OCH3 is 1. The van der Waals surface area contributed by atoms with Gasteiger partial charge >= 0.3 is 0 Å². The van der Waals surface area contributed by atoms with E-state index in [-0.39, 0.29) is 17.4 Å². The maximum absolute atomic E-state index is 12.3. The summed E-state index contributed by atoms with van der Waals surface area (Å²) < 4.78 is 28.2. The lowest BCUT2D eigenvalue weighted by molar-refractivity contribution is 0.0792. The Bertz CT molecular complexity index is 607. The summed E-state index contributed by atoms with van der Waals surface area (Å²) in [6.07, 6.45) is 1.96. The van der Waals surface area contributed by atoms with Gasteiger partial charge in [0.2, 0.25) is 10.0 Å². The number of amides is 1. The van der Waals surface area contributed by atoms with Gasteiger partial charge in [-0.15, -0.1) is 0 Å².